The lowest BCUT2D eigenvalue weighted by molar-refractivity contribution is 0.0516. The Balaban J connectivity index is 1.66. The zero-order valence-corrected chi connectivity index (χ0v) is 14.1. The highest BCUT2D eigenvalue weighted by Gasteiger charge is 2.41. The number of hydrogen-bond donors (Lipinski definition) is 1. The Morgan fingerprint density at radius 1 is 1.25 bits per heavy atom. The van der Waals surface area contributed by atoms with E-state index < -0.39 is 6.09 Å². The smallest absolute Gasteiger partial charge is 0.407 e. The van der Waals surface area contributed by atoms with Crippen molar-refractivity contribution >= 4 is 12.1 Å². The number of amides is 1. The average Bonchev–Trinajstić information content (AvgIpc) is 3.20. The lowest BCUT2D eigenvalue weighted by Gasteiger charge is -2.19. The van der Waals surface area contributed by atoms with Crippen molar-refractivity contribution in [3.05, 3.63) is 17.5 Å². The van der Waals surface area contributed by atoms with Gasteiger partial charge in [0.2, 0.25) is 0 Å². The number of esters is 1. The van der Waals surface area contributed by atoms with E-state index >= 15 is 0 Å². The second kappa shape index (κ2) is 6.80. The molecule has 0 spiro atoms. The molecule has 8 heteroatoms. The van der Waals surface area contributed by atoms with Gasteiger partial charge in [-0.05, 0) is 25.7 Å². The molecule has 2 unspecified atom stereocenters. The molecule has 8 nitrogen and oxygen atoms in total. The first-order valence-electron chi connectivity index (χ1n) is 8.45. The van der Waals surface area contributed by atoms with Gasteiger partial charge in [-0.2, -0.15) is 5.10 Å². The number of carboxylic acid groups (broad SMARTS) is 1. The fourth-order valence-corrected chi connectivity index (χ4v) is 3.73. The van der Waals surface area contributed by atoms with Crippen LogP contribution in [0, 0.1) is 11.8 Å². The summed E-state index contributed by atoms with van der Waals surface area (Å²) in [5, 5.41) is 13.4. The lowest BCUT2D eigenvalue weighted by atomic mass is 10.0. The second-order valence-corrected chi connectivity index (χ2v) is 6.48. The van der Waals surface area contributed by atoms with Crippen LogP contribution in [0.4, 0.5) is 4.79 Å². The molecule has 1 aromatic heterocycles. The van der Waals surface area contributed by atoms with Crippen molar-refractivity contribution in [2.45, 2.75) is 26.9 Å². The van der Waals surface area contributed by atoms with E-state index in [1.165, 1.54) is 4.90 Å². The van der Waals surface area contributed by atoms with Crippen molar-refractivity contribution < 1.29 is 19.4 Å². The molecule has 2 atom stereocenters. The number of nitrogens with zero attached hydrogens (tertiary/aromatic N) is 4. The molecule has 1 amide bonds. The number of rotatable bonds is 5. The number of carbonyl (C=O) groups excluding carboxylic acids is 1. The first kappa shape index (κ1) is 16.8. The Hall–Kier alpha value is -2.09. The van der Waals surface area contributed by atoms with Crippen molar-refractivity contribution in [3.8, 4) is 0 Å². The number of carbonyl (C=O) groups is 2. The molecule has 0 aliphatic carbocycles. The van der Waals surface area contributed by atoms with Crippen LogP contribution in [0.5, 0.6) is 0 Å². The summed E-state index contributed by atoms with van der Waals surface area (Å²) >= 11 is 0. The molecule has 1 N–H and O–H groups in total. The molecular weight excluding hydrogens is 312 g/mol. The van der Waals surface area contributed by atoms with Gasteiger partial charge in [-0.25, -0.2) is 9.59 Å². The molecule has 0 aromatic carbocycles. The molecule has 0 saturated carbocycles. The van der Waals surface area contributed by atoms with E-state index in [9.17, 15) is 9.59 Å². The van der Waals surface area contributed by atoms with Gasteiger partial charge in [0.25, 0.3) is 0 Å². The Kier molecular flexibility index (Phi) is 4.75. The van der Waals surface area contributed by atoms with E-state index in [4.69, 9.17) is 9.84 Å². The largest absolute Gasteiger partial charge is 0.465 e. The topological polar surface area (TPSA) is 87.9 Å². The van der Waals surface area contributed by atoms with Crippen molar-refractivity contribution in [1.82, 2.24) is 19.6 Å². The van der Waals surface area contributed by atoms with Crippen molar-refractivity contribution in [3.63, 3.8) is 0 Å². The Bertz CT molecular complexity index is 616. The monoisotopic (exact) mass is 336 g/mol. The summed E-state index contributed by atoms with van der Waals surface area (Å²) in [7, 11) is 0. The summed E-state index contributed by atoms with van der Waals surface area (Å²) in [6, 6.07) is 0. The Labute approximate surface area is 141 Å². The summed E-state index contributed by atoms with van der Waals surface area (Å²) < 4.78 is 6.86. The van der Waals surface area contributed by atoms with Crippen LogP contribution in [0.25, 0.3) is 0 Å². The highest BCUT2D eigenvalue weighted by molar-refractivity contribution is 5.88. The minimum Gasteiger partial charge on any atom is -0.465 e. The lowest BCUT2D eigenvalue weighted by Crippen LogP contribution is -2.32. The van der Waals surface area contributed by atoms with Gasteiger partial charge in [0, 0.05) is 51.0 Å². The van der Waals surface area contributed by atoms with Crippen LogP contribution in [0.1, 0.15) is 29.9 Å². The normalized spacial score (nSPS) is 23.5. The molecule has 3 rings (SSSR count). The van der Waals surface area contributed by atoms with Crippen LogP contribution in [-0.2, 0) is 17.8 Å². The van der Waals surface area contributed by atoms with Crippen LogP contribution in [0.3, 0.4) is 0 Å². The number of aryl methyl sites for hydroxylation is 1. The number of hydrogen-bond acceptors (Lipinski definition) is 5. The van der Waals surface area contributed by atoms with E-state index in [0.29, 0.717) is 50.3 Å². The first-order chi connectivity index (χ1) is 11.5. The third kappa shape index (κ3) is 3.24. The van der Waals surface area contributed by atoms with Gasteiger partial charge < -0.3 is 14.7 Å². The molecule has 2 aliphatic rings. The maximum atomic E-state index is 12.1. The van der Waals surface area contributed by atoms with Gasteiger partial charge in [-0.3, -0.25) is 9.58 Å². The van der Waals surface area contributed by atoms with Gasteiger partial charge in [-0.15, -0.1) is 0 Å². The van der Waals surface area contributed by atoms with E-state index in [2.05, 4.69) is 10.00 Å². The zero-order valence-electron chi connectivity index (χ0n) is 14.1. The fraction of sp³-hybridized carbons (Fsp3) is 0.688. The molecule has 1 aromatic rings. The number of aromatic nitrogens is 2. The maximum Gasteiger partial charge on any atom is 0.407 e. The van der Waals surface area contributed by atoms with E-state index in [1.54, 1.807) is 11.6 Å². The average molecular weight is 336 g/mol. The maximum absolute atomic E-state index is 12.1. The quantitative estimate of drug-likeness (QED) is 0.811. The van der Waals surface area contributed by atoms with Crippen LogP contribution in [-0.4, -0.2) is 69.5 Å². The molecule has 2 aliphatic heterocycles. The third-order valence-electron chi connectivity index (χ3n) is 4.86. The van der Waals surface area contributed by atoms with Gasteiger partial charge in [0.05, 0.1) is 6.61 Å². The zero-order chi connectivity index (χ0) is 17.3. The summed E-state index contributed by atoms with van der Waals surface area (Å²) in [6.45, 7) is 8.36. The number of ether oxygens (including phenoxy) is 1. The third-order valence-corrected chi connectivity index (χ3v) is 4.86. The van der Waals surface area contributed by atoms with E-state index in [-0.39, 0.29) is 5.97 Å². The highest BCUT2D eigenvalue weighted by atomic mass is 16.5. The molecular formula is C16H24N4O4. The Morgan fingerprint density at radius 2 is 1.92 bits per heavy atom. The summed E-state index contributed by atoms with van der Waals surface area (Å²) in [6.07, 6.45) is 1.08. The molecule has 3 heterocycles. The van der Waals surface area contributed by atoms with Gasteiger partial charge in [0.1, 0.15) is 0 Å². The van der Waals surface area contributed by atoms with Gasteiger partial charge in [0.15, 0.2) is 5.69 Å². The van der Waals surface area contributed by atoms with Gasteiger partial charge >= 0.3 is 12.1 Å². The Morgan fingerprint density at radius 3 is 2.46 bits per heavy atom. The number of likely N-dealkylation sites (tertiary alicyclic amines) is 2. The number of fused-ring (bicyclic) bond motifs is 1. The summed E-state index contributed by atoms with van der Waals surface area (Å²) in [5.74, 6) is 0.387. The van der Waals surface area contributed by atoms with E-state index in [1.807, 2.05) is 13.1 Å². The SMILES string of the molecule is CCOC(=O)c1nn(CC)cc1CN1CC2CN(C(=O)O)CC2C1. The molecule has 132 valence electrons. The first-order valence-corrected chi connectivity index (χ1v) is 8.45. The highest BCUT2D eigenvalue weighted by Crippen LogP contribution is 2.32. The molecule has 2 fully saturated rings. The fourth-order valence-electron chi connectivity index (χ4n) is 3.73. The summed E-state index contributed by atoms with van der Waals surface area (Å²) in [4.78, 5) is 27.0. The molecule has 2 saturated heterocycles. The standard InChI is InChI=1S/C16H24N4O4/c1-3-20-10-13(14(17-20)15(21)24-4-2)7-18-5-11-8-19(16(22)23)9-12(11)6-18/h10-12H,3-9H2,1-2H3,(H,22,23). The minimum atomic E-state index is -0.829. The molecule has 0 radical (unpaired) electrons. The van der Waals surface area contributed by atoms with Crippen molar-refractivity contribution in [2.75, 3.05) is 32.8 Å². The van der Waals surface area contributed by atoms with Crippen molar-refractivity contribution in [1.29, 1.82) is 0 Å². The van der Waals surface area contributed by atoms with Crippen LogP contribution >= 0.6 is 0 Å². The van der Waals surface area contributed by atoms with Gasteiger partial charge in [-0.1, -0.05) is 0 Å². The molecule has 0 bridgehead atoms. The van der Waals surface area contributed by atoms with Crippen LogP contribution in [0.15, 0.2) is 6.20 Å². The predicted molar refractivity (Wildman–Crippen MR) is 85.7 cm³/mol. The van der Waals surface area contributed by atoms with Crippen molar-refractivity contribution in [2.24, 2.45) is 11.8 Å². The molecule has 24 heavy (non-hydrogen) atoms. The van der Waals surface area contributed by atoms with Crippen LogP contribution < -0.4 is 0 Å². The van der Waals surface area contributed by atoms with E-state index in [0.717, 1.165) is 18.7 Å². The predicted octanol–water partition coefficient (Wildman–Crippen LogP) is 1.12. The second-order valence-electron chi connectivity index (χ2n) is 6.48. The van der Waals surface area contributed by atoms with Crippen LogP contribution in [0.2, 0.25) is 0 Å². The minimum absolute atomic E-state index is 0.330. The summed E-state index contributed by atoms with van der Waals surface area (Å²) in [5.41, 5.74) is 1.27.